The van der Waals surface area contributed by atoms with E-state index in [1.54, 1.807) is 24.3 Å². The number of benzene rings is 3. The number of hydrogen-bond acceptors (Lipinski definition) is 3. The Morgan fingerprint density at radius 1 is 0.652 bits per heavy atom. The molecule has 0 spiro atoms. The molecule has 4 nitrogen and oxygen atoms in total. The fourth-order valence-electron chi connectivity index (χ4n) is 2.14. The molecule has 0 saturated carbocycles. The fraction of sp³-hybridized carbons (Fsp3) is 0. The van der Waals surface area contributed by atoms with Crippen molar-refractivity contribution in [2.24, 2.45) is 10.2 Å². The quantitative estimate of drug-likeness (QED) is 0.650. The van der Waals surface area contributed by atoms with Gasteiger partial charge in [0, 0.05) is 0 Å². The molecule has 0 amide bonds. The van der Waals surface area contributed by atoms with Crippen molar-refractivity contribution in [3.8, 4) is 11.1 Å². The highest BCUT2D eigenvalue weighted by molar-refractivity contribution is 5.88. The number of carboxylic acid groups (broad SMARTS) is 1. The summed E-state index contributed by atoms with van der Waals surface area (Å²) in [6.45, 7) is 0. The summed E-state index contributed by atoms with van der Waals surface area (Å²) in [4.78, 5) is 10.9. The van der Waals surface area contributed by atoms with Crippen LogP contribution >= 0.6 is 0 Å². The molecular weight excluding hydrogens is 288 g/mol. The Morgan fingerprint density at radius 2 is 1.13 bits per heavy atom. The first-order valence-electron chi connectivity index (χ1n) is 7.13. The number of rotatable bonds is 4. The van der Waals surface area contributed by atoms with Crippen LogP contribution in [0, 0.1) is 0 Å². The minimum atomic E-state index is -0.923. The first kappa shape index (κ1) is 14.7. The van der Waals surface area contributed by atoms with Gasteiger partial charge in [0.25, 0.3) is 0 Å². The third-order valence-corrected chi connectivity index (χ3v) is 3.37. The van der Waals surface area contributed by atoms with Gasteiger partial charge in [0.2, 0.25) is 0 Å². The maximum absolute atomic E-state index is 10.9. The van der Waals surface area contributed by atoms with E-state index < -0.39 is 5.97 Å². The average molecular weight is 302 g/mol. The first-order chi connectivity index (χ1) is 11.2. The second-order valence-electron chi connectivity index (χ2n) is 4.96. The number of aromatic carboxylic acids is 1. The van der Waals surface area contributed by atoms with E-state index in [0.29, 0.717) is 0 Å². The molecule has 0 unspecified atom stereocenters. The Kier molecular flexibility index (Phi) is 4.25. The Hall–Kier alpha value is -3.27. The van der Waals surface area contributed by atoms with Crippen molar-refractivity contribution in [2.75, 3.05) is 0 Å². The summed E-state index contributed by atoms with van der Waals surface area (Å²) >= 11 is 0. The van der Waals surface area contributed by atoms with Gasteiger partial charge in [-0.2, -0.15) is 10.2 Å². The zero-order chi connectivity index (χ0) is 16.1. The van der Waals surface area contributed by atoms with E-state index in [1.165, 1.54) is 0 Å². The van der Waals surface area contributed by atoms with E-state index in [0.717, 1.165) is 22.5 Å². The number of nitrogens with zero attached hydrogens (tertiary/aromatic N) is 2. The first-order valence-corrected chi connectivity index (χ1v) is 7.13. The van der Waals surface area contributed by atoms with E-state index >= 15 is 0 Å². The highest BCUT2D eigenvalue weighted by Gasteiger charge is 2.03. The Balaban J connectivity index is 1.76. The van der Waals surface area contributed by atoms with Gasteiger partial charge in [-0.25, -0.2) is 4.79 Å². The Bertz CT molecular complexity index is 824. The lowest BCUT2D eigenvalue weighted by Gasteiger charge is -2.02. The SMILES string of the molecule is O=C(O)c1ccc(-c2ccc(N=Nc3ccccc3)cc2)cc1. The summed E-state index contributed by atoms with van der Waals surface area (Å²) in [6.07, 6.45) is 0. The molecule has 0 fully saturated rings. The lowest BCUT2D eigenvalue weighted by Crippen LogP contribution is -1.94. The maximum Gasteiger partial charge on any atom is 0.335 e. The molecule has 112 valence electrons. The van der Waals surface area contributed by atoms with E-state index in [9.17, 15) is 4.79 Å². The van der Waals surface area contributed by atoms with Crippen LogP contribution in [0.15, 0.2) is 89.1 Å². The third kappa shape index (κ3) is 3.68. The van der Waals surface area contributed by atoms with Crippen LogP contribution in [0.4, 0.5) is 11.4 Å². The summed E-state index contributed by atoms with van der Waals surface area (Å²) in [5.41, 5.74) is 3.81. The van der Waals surface area contributed by atoms with Crippen LogP contribution in [0.1, 0.15) is 10.4 Å². The lowest BCUT2D eigenvalue weighted by atomic mass is 10.0. The largest absolute Gasteiger partial charge is 0.478 e. The van der Waals surface area contributed by atoms with E-state index in [-0.39, 0.29) is 5.56 Å². The monoisotopic (exact) mass is 302 g/mol. The highest BCUT2D eigenvalue weighted by atomic mass is 16.4. The summed E-state index contributed by atoms with van der Waals surface area (Å²) in [6, 6.07) is 24.0. The van der Waals surface area contributed by atoms with E-state index in [4.69, 9.17) is 5.11 Å². The van der Waals surface area contributed by atoms with Gasteiger partial charge in [-0.15, -0.1) is 0 Å². The van der Waals surface area contributed by atoms with Gasteiger partial charge in [0.15, 0.2) is 0 Å². The number of carbonyl (C=O) groups is 1. The highest BCUT2D eigenvalue weighted by Crippen LogP contribution is 2.24. The van der Waals surface area contributed by atoms with E-state index in [2.05, 4.69) is 10.2 Å². The van der Waals surface area contributed by atoms with Crippen molar-refractivity contribution in [2.45, 2.75) is 0 Å². The number of carboxylic acids is 1. The molecule has 0 saturated heterocycles. The smallest absolute Gasteiger partial charge is 0.335 e. The predicted octanol–water partition coefficient (Wildman–Crippen LogP) is 5.47. The minimum Gasteiger partial charge on any atom is -0.478 e. The Morgan fingerprint density at radius 3 is 1.65 bits per heavy atom. The van der Waals surface area contributed by atoms with Crippen LogP contribution in [0.25, 0.3) is 11.1 Å². The molecule has 3 aromatic rings. The van der Waals surface area contributed by atoms with Gasteiger partial charge < -0.3 is 5.11 Å². The van der Waals surface area contributed by atoms with Gasteiger partial charge in [-0.05, 0) is 47.5 Å². The molecule has 0 atom stereocenters. The van der Waals surface area contributed by atoms with Crippen LogP contribution in [0.2, 0.25) is 0 Å². The van der Waals surface area contributed by atoms with Crippen molar-refractivity contribution in [3.63, 3.8) is 0 Å². The van der Waals surface area contributed by atoms with Crippen LogP contribution in [0.3, 0.4) is 0 Å². The normalized spacial score (nSPS) is 10.8. The molecule has 3 aromatic carbocycles. The third-order valence-electron chi connectivity index (χ3n) is 3.37. The summed E-state index contributed by atoms with van der Waals surface area (Å²) < 4.78 is 0. The van der Waals surface area contributed by atoms with Crippen molar-refractivity contribution < 1.29 is 9.90 Å². The summed E-state index contributed by atoms with van der Waals surface area (Å²) in [7, 11) is 0. The van der Waals surface area contributed by atoms with Crippen molar-refractivity contribution >= 4 is 17.3 Å². The zero-order valence-electron chi connectivity index (χ0n) is 12.3. The molecule has 0 radical (unpaired) electrons. The lowest BCUT2D eigenvalue weighted by molar-refractivity contribution is 0.0697. The molecule has 0 aliphatic heterocycles. The molecule has 4 heteroatoms. The second-order valence-corrected chi connectivity index (χ2v) is 4.96. The van der Waals surface area contributed by atoms with Gasteiger partial charge in [0.1, 0.15) is 0 Å². The van der Waals surface area contributed by atoms with Gasteiger partial charge in [-0.3, -0.25) is 0 Å². The minimum absolute atomic E-state index is 0.280. The van der Waals surface area contributed by atoms with Crippen molar-refractivity contribution in [1.82, 2.24) is 0 Å². The van der Waals surface area contributed by atoms with Gasteiger partial charge in [-0.1, -0.05) is 42.5 Å². The molecule has 0 aliphatic carbocycles. The van der Waals surface area contributed by atoms with Crippen molar-refractivity contribution in [3.05, 3.63) is 84.4 Å². The van der Waals surface area contributed by atoms with Crippen LogP contribution < -0.4 is 0 Å². The van der Waals surface area contributed by atoms with Gasteiger partial charge >= 0.3 is 5.97 Å². The number of hydrogen-bond donors (Lipinski definition) is 1. The summed E-state index contributed by atoms with van der Waals surface area (Å²) in [5, 5.41) is 17.3. The number of azo groups is 1. The summed E-state index contributed by atoms with van der Waals surface area (Å²) in [5.74, 6) is -0.923. The molecular formula is C19H14N2O2. The van der Waals surface area contributed by atoms with Crippen LogP contribution in [0.5, 0.6) is 0 Å². The Labute approximate surface area is 133 Å². The standard InChI is InChI=1S/C19H14N2O2/c22-19(23)16-8-6-14(7-9-16)15-10-12-18(13-11-15)21-20-17-4-2-1-3-5-17/h1-13H,(H,22,23). The molecule has 3 rings (SSSR count). The maximum atomic E-state index is 10.9. The average Bonchev–Trinajstić information content (AvgIpc) is 2.61. The van der Waals surface area contributed by atoms with Crippen LogP contribution in [-0.2, 0) is 0 Å². The second kappa shape index (κ2) is 6.66. The molecule has 0 aromatic heterocycles. The fourth-order valence-corrected chi connectivity index (χ4v) is 2.14. The zero-order valence-corrected chi connectivity index (χ0v) is 12.3. The molecule has 0 bridgehead atoms. The van der Waals surface area contributed by atoms with Crippen molar-refractivity contribution in [1.29, 1.82) is 0 Å². The topological polar surface area (TPSA) is 62.0 Å². The predicted molar refractivity (Wildman–Crippen MR) is 89.5 cm³/mol. The molecule has 0 aliphatic rings. The van der Waals surface area contributed by atoms with Gasteiger partial charge in [0.05, 0.1) is 16.9 Å². The van der Waals surface area contributed by atoms with Crippen LogP contribution in [-0.4, -0.2) is 11.1 Å². The molecule has 1 N–H and O–H groups in total. The van der Waals surface area contributed by atoms with E-state index in [1.807, 2.05) is 54.6 Å². The molecule has 0 heterocycles. The molecule has 23 heavy (non-hydrogen) atoms.